The van der Waals surface area contributed by atoms with Crippen molar-refractivity contribution in [2.75, 3.05) is 13.1 Å². The first kappa shape index (κ1) is 20.4. The number of rotatable bonds is 6. The molecule has 30 heavy (non-hydrogen) atoms. The normalized spacial score (nSPS) is 15.1. The lowest BCUT2D eigenvalue weighted by molar-refractivity contribution is 0.0931. The molecule has 0 aliphatic carbocycles. The van der Waals surface area contributed by atoms with E-state index in [-0.39, 0.29) is 11.9 Å². The largest absolute Gasteiger partial charge is 0.344 e. The summed E-state index contributed by atoms with van der Waals surface area (Å²) in [4.78, 5) is 20.5. The topological polar surface area (TPSA) is 50.2 Å². The molecule has 5 heteroatoms. The van der Waals surface area contributed by atoms with Crippen LogP contribution in [0.25, 0.3) is 11.4 Å². The first-order valence-corrected chi connectivity index (χ1v) is 10.8. The molecule has 1 unspecified atom stereocenters. The first-order valence-electron chi connectivity index (χ1n) is 10.8. The van der Waals surface area contributed by atoms with Gasteiger partial charge in [-0.2, -0.15) is 0 Å². The van der Waals surface area contributed by atoms with Gasteiger partial charge >= 0.3 is 0 Å². The summed E-state index contributed by atoms with van der Waals surface area (Å²) in [5.41, 5.74) is 3.69. The molecule has 1 atom stereocenters. The number of nitrogens with one attached hydrogen (secondary N) is 1. The molecule has 0 spiro atoms. The molecular weight excluding hydrogens is 372 g/mol. The van der Waals surface area contributed by atoms with E-state index in [4.69, 9.17) is 4.98 Å². The molecule has 1 aromatic heterocycles. The van der Waals surface area contributed by atoms with Crippen molar-refractivity contribution in [2.24, 2.45) is 5.92 Å². The van der Waals surface area contributed by atoms with Gasteiger partial charge in [0.15, 0.2) is 5.69 Å². The maximum atomic E-state index is 13.3. The Kier molecular flexibility index (Phi) is 6.00. The third-order valence-electron chi connectivity index (χ3n) is 5.60. The smallest absolute Gasteiger partial charge is 0.272 e. The van der Waals surface area contributed by atoms with E-state index in [1.807, 2.05) is 55.5 Å². The molecule has 3 aromatic rings. The Hall–Kier alpha value is -2.92. The maximum Gasteiger partial charge on any atom is 0.272 e. The van der Waals surface area contributed by atoms with Crippen LogP contribution in [0.2, 0.25) is 0 Å². The number of hydrogen-bond acceptors (Lipinski definition) is 3. The summed E-state index contributed by atoms with van der Waals surface area (Å²) in [5, 5.41) is 3.15. The monoisotopic (exact) mass is 402 g/mol. The van der Waals surface area contributed by atoms with E-state index in [1.54, 1.807) is 0 Å². The Bertz CT molecular complexity index is 995. The van der Waals surface area contributed by atoms with E-state index in [9.17, 15) is 4.79 Å². The summed E-state index contributed by atoms with van der Waals surface area (Å²) in [7, 11) is 0. The van der Waals surface area contributed by atoms with Gasteiger partial charge in [0.1, 0.15) is 5.82 Å². The van der Waals surface area contributed by atoms with Crippen LogP contribution in [0.4, 0.5) is 0 Å². The number of benzene rings is 2. The molecule has 1 N–H and O–H groups in total. The number of aromatic nitrogens is 2. The van der Waals surface area contributed by atoms with E-state index in [0.29, 0.717) is 11.6 Å². The van der Waals surface area contributed by atoms with Crippen molar-refractivity contribution in [1.82, 2.24) is 19.8 Å². The molecule has 0 fully saturated rings. The SMILES string of the molecule is CC(C)CN1CCn2c(-c3ccccc3)nc(C(=O)NC(C)c3ccccc3)c2C1. The average molecular weight is 403 g/mol. The van der Waals surface area contributed by atoms with E-state index in [2.05, 4.69) is 40.8 Å². The van der Waals surface area contributed by atoms with E-state index >= 15 is 0 Å². The quantitative estimate of drug-likeness (QED) is 0.660. The number of carbonyl (C=O) groups is 1. The van der Waals surface area contributed by atoms with Gasteiger partial charge in [-0.25, -0.2) is 4.98 Å². The summed E-state index contributed by atoms with van der Waals surface area (Å²) in [6, 6.07) is 20.1. The van der Waals surface area contributed by atoms with Gasteiger partial charge in [-0.05, 0) is 18.4 Å². The summed E-state index contributed by atoms with van der Waals surface area (Å²) < 4.78 is 2.23. The van der Waals surface area contributed by atoms with Crippen LogP contribution in [0.1, 0.15) is 48.6 Å². The lowest BCUT2D eigenvalue weighted by Crippen LogP contribution is -2.37. The third kappa shape index (κ3) is 4.31. The molecule has 0 bridgehead atoms. The van der Waals surface area contributed by atoms with Crippen LogP contribution >= 0.6 is 0 Å². The fourth-order valence-corrected chi connectivity index (χ4v) is 4.17. The Balaban J connectivity index is 1.66. The van der Waals surface area contributed by atoms with Crippen LogP contribution in [-0.2, 0) is 13.1 Å². The standard InChI is InChI=1S/C25H30N4O/c1-18(2)16-28-14-15-29-22(17-28)23(27-24(29)21-12-8-5-9-13-21)25(30)26-19(3)20-10-6-4-7-11-20/h4-13,18-19H,14-17H2,1-3H3,(H,26,30). The highest BCUT2D eigenvalue weighted by Crippen LogP contribution is 2.27. The summed E-state index contributed by atoms with van der Waals surface area (Å²) >= 11 is 0. The van der Waals surface area contributed by atoms with Crippen molar-refractivity contribution in [3.8, 4) is 11.4 Å². The van der Waals surface area contributed by atoms with Crippen LogP contribution in [0.15, 0.2) is 60.7 Å². The molecule has 1 amide bonds. The number of carbonyl (C=O) groups excluding carboxylic acids is 1. The minimum Gasteiger partial charge on any atom is -0.344 e. The Labute approximate surface area is 178 Å². The molecular formula is C25H30N4O. The first-order chi connectivity index (χ1) is 14.5. The van der Waals surface area contributed by atoms with Gasteiger partial charge in [-0.1, -0.05) is 74.5 Å². The molecule has 2 aromatic carbocycles. The zero-order valence-corrected chi connectivity index (χ0v) is 18.0. The van der Waals surface area contributed by atoms with Crippen molar-refractivity contribution in [3.05, 3.63) is 77.6 Å². The highest BCUT2D eigenvalue weighted by Gasteiger charge is 2.28. The van der Waals surface area contributed by atoms with Gasteiger partial charge < -0.3 is 9.88 Å². The highest BCUT2D eigenvalue weighted by atomic mass is 16.2. The van der Waals surface area contributed by atoms with Crippen molar-refractivity contribution >= 4 is 5.91 Å². The average Bonchev–Trinajstić information content (AvgIpc) is 3.13. The van der Waals surface area contributed by atoms with Gasteiger partial charge in [-0.3, -0.25) is 9.69 Å². The van der Waals surface area contributed by atoms with E-state index in [1.165, 1.54) is 0 Å². The number of fused-ring (bicyclic) bond motifs is 1. The van der Waals surface area contributed by atoms with Gasteiger partial charge in [0.25, 0.3) is 5.91 Å². The van der Waals surface area contributed by atoms with E-state index < -0.39 is 0 Å². The van der Waals surface area contributed by atoms with Crippen molar-refractivity contribution < 1.29 is 4.79 Å². The summed E-state index contributed by atoms with van der Waals surface area (Å²) in [5.74, 6) is 1.36. The van der Waals surface area contributed by atoms with Crippen molar-refractivity contribution in [2.45, 2.75) is 39.9 Å². The zero-order valence-electron chi connectivity index (χ0n) is 18.0. The summed E-state index contributed by atoms with van der Waals surface area (Å²) in [6.45, 7) is 10.1. The minimum atomic E-state index is -0.108. The number of amides is 1. The lowest BCUT2D eigenvalue weighted by atomic mass is 10.1. The fraction of sp³-hybridized carbons (Fsp3) is 0.360. The van der Waals surface area contributed by atoms with Crippen LogP contribution in [0, 0.1) is 5.92 Å². The molecule has 4 rings (SSSR count). The second-order valence-electron chi connectivity index (χ2n) is 8.48. The molecule has 0 radical (unpaired) electrons. The van der Waals surface area contributed by atoms with Crippen LogP contribution in [0.3, 0.4) is 0 Å². The molecule has 156 valence electrons. The predicted octanol–water partition coefficient (Wildman–Crippen LogP) is 4.51. The van der Waals surface area contributed by atoms with E-state index in [0.717, 1.165) is 48.8 Å². The van der Waals surface area contributed by atoms with Gasteiger partial charge in [-0.15, -0.1) is 0 Å². The molecule has 1 aliphatic rings. The van der Waals surface area contributed by atoms with Crippen LogP contribution < -0.4 is 5.32 Å². The number of nitrogens with zero attached hydrogens (tertiary/aromatic N) is 3. The predicted molar refractivity (Wildman–Crippen MR) is 120 cm³/mol. The minimum absolute atomic E-state index is 0.0772. The lowest BCUT2D eigenvalue weighted by Gasteiger charge is -2.30. The molecule has 5 nitrogen and oxygen atoms in total. The second-order valence-corrected chi connectivity index (χ2v) is 8.48. The third-order valence-corrected chi connectivity index (χ3v) is 5.60. The van der Waals surface area contributed by atoms with Crippen LogP contribution in [0.5, 0.6) is 0 Å². The molecule has 0 saturated carbocycles. The molecule has 2 heterocycles. The Morgan fingerprint density at radius 2 is 1.67 bits per heavy atom. The van der Waals surface area contributed by atoms with Crippen molar-refractivity contribution in [1.29, 1.82) is 0 Å². The second kappa shape index (κ2) is 8.84. The zero-order chi connectivity index (χ0) is 21.1. The van der Waals surface area contributed by atoms with Gasteiger partial charge in [0.2, 0.25) is 0 Å². The highest BCUT2D eigenvalue weighted by molar-refractivity contribution is 5.94. The van der Waals surface area contributed by atoms with Gasteiger partial charge in [0.05, 0.1) is 11.7 Å². The number of hydrogen-bond donors (Lipinski definition) is 1. The van der Waals surface area contributed by atoms with Crippen LogP contribution in [-0.4, -0.2) is 33.4 Å². The summed E-state index contributed by atoms with van der Waals surface area (Å²) in [6.07, 6.45) is 0. The number of imidazole rings is 1. The van der Waals surface area contributed by atoms with Crippen molar-refractivity contribution in [3.63, 3.8) is 0 Å². The Morgan fingerprint density at radius 1 is 1.00 bits per heavy atom. The Morgan fingerprint density at radius 3 is 2.33 bits per heavy atom. The molecule has 0 saturated heterocycles. The fourth-order valence-electron chi connectivity index (χ4n) is 4.17. The maximum absolute atomic E-state index is 13.3. The van der Waals surface area contributed by atoms with Gasteiger partial charge in [0, 0.05) is 31.7 Å². The molecule has 1 aliphatic heterocycles.